The Morgan fingerprint density at radius 2 is 1.46 bits per heavy atom. The van der Waals surface area contributed by atoms with E-state index in [9.17, 15) is 13.2 Å². The number of anilines is 1. The minimum atomic E-state index is -3.52. The van der Waals surface area contributed by atoms with Gasteiger partial charge in [0, 0.05) is 30.4 Å². The molecule has 0 aliphatic carbocycles. The highest BCUT2D eigenvalue weighted by Crippen LogP contribution is 2.21. The molecule has 0 heterocycles. The van der Waals surface area contributed by atoms with Crippen LogP contribution in [-0.4, -0.2) is 37.8 Å². The summed E-state index contributed by atoms with van der Waals surface area (Å²) < 4.78 is 26.5. The molecule has 26 heavy (non-hydrogen) atoms. The molecule has 0 bridgehead atoms. The van der Waals surface area contributed by atoms with Crippen LogP contribution in [0.25, 0.3) is 0 Å². The first-order valence-electron chi connectivity index (χ1n) is 8.81. The molecule has 0 aliphatic rings. The van der Waals surface area contributed by atoms with Gasteiger partial charge in [-0.1, -0.05) is 32.0 Å². The first kappa shape index (κ1) is 20.1. The van der Waals surface area contributed by atoms with Gasteiger partial charge in [0.25, 0.3) is 5.91 Å². The summed E-state index contributed by atoms with van der Waals surface area (Å²) in [6.45, 7) is 8.33. The molecule has 0 radical (unpaired) electrons. The molecule has 2 rings (SSSR count). The van der Waals surface area contributed by atoms with E-state index in [1.54, 1.807) is 30.9 Å². The fraction of sp³-hybridized carbons (Fsp3) is 0.350. The average Bonchev–Trinajstić information content (AvgIpc) is 2.63. The summed E-state index contributed by atoms with van der Waals surface area (Å²) in [7, 11) is -3.52. The molecule has 5 nitrogen and oxygen atoms in total. The minimum Gasteiger partial charge on any atom is -0.306 e. The second-order valence-electron chi connectivity index (χ2n) is 6.22. The first-order chi connectivity index (χ1) is 12.3. The van der Waals surface area contributed by atoms with E-state index in [4.69, 9.17) is 0 Å². The van der Waals surface area contributed by atoms with Crippen LogP contribution in [0.5, 0.6) is 0 Å². The van der Waals surface area contributed by atoms with Gasteiger partial charge in [0.1, 0.15) is 0 Å². The van der Waals surface area contributed by atoms with Gasteiger partial charge in [-0.15, -0.1) is 0 Å². The van der Waals surface area contributed by atoms with Gasteiger partial charge in [0.2, 0.25) is 10.0 Å². The van der Waals surface area contributed by atoms with Crippen LogP contribution in [0.4, 0.5) is 5.69 Å². The molecule has 140 valence electrons. The molecule has 6 heteroatoms. The van der Waals surface area contributed by atoms with Gasteiger partial charge < -0.3 is 4.90 Å². The van der Waals surface area contributed by atoms with Gasteiger partial charge in [-0.3, -0.25) is 4.79 Å². The van der Waals surface area contributed by atoms with Crippen LogP contribution in [0.3, 0.4) is 0 Å². The third-order valence-electron chi connectivity index (χ3n) is 4.21. The molecule has 0 saturated heterocycles. The van der Waals surface area contributed by atoms with Gasteiger partial charge >= 0.3 is 0 Å². The number of sulfonamides is 1. The molecule has 2 aromatic rings. The maximum Gasteiger partial charge on any atom is 0.258 e. The highest BCUT2D eigenvalue weighted by atomic mass is 32.2. The number of rotatable bonds is 7. The second kappa shape index (κ2) is 8.47. The fourth-order valence-corrected chi connectivity index (χ4v) is 4.32. The Morgan fingerprint density at radius 3 is 1.92 bits per heavy atom. The number of benzene rings is 2. The van der Waals surface area contributed by atoms with E-state index < -0.39 is 10.0 Å². The molecule has 0 N–H and O–H groups in total. The number of carbonyl (C=O) groups is 1. The molecule has 0 saturated carbocycles. The van der Waals surface area contributed by atoms with Crippen LogP contribution in [0.2, 0.25) is 0 Å². The molecular weight excluding hydrogens is 348 g/mol. The SMILES string of the molecule is CCN(CC)S(=O)(=O)c1ccc(C(=O)N(c2ccccc2)C(C)C)cc1. The predicted molar refractivity (Wildman–Crippen MR) is 105 cm³/mol. The maximum atomic E-state index is 13.0. The number of hydrogen-bond donors (Lipinski definition) is 0. The summed E-state index contributed by atoms with van der Waals surface area (Å²) in [5.41, 5.74) is 1.27. The van der Waals surface area contributed by atoms with Crippen molar-refractivity contribution in [1.82, 2.24) is 4.31 Å². The van der Waals surface area contributed by atoms with Crippen molar-refractivity contribution in [2.24, 2.45) is 0 Å². The molecule has 0 fully saturated rings. The third-order valence-corrected chi connectivity index (χ3v) is 6.28. The Morgan fingerprint density at radius 1 is 0.923 bits per heavy atom. The van der Waals surface area contributed by atoms with Crippen LogP contribution >= 0.6 is 0 Å². The molecular formula is C20H26N2O3S. The summed E-state index contributed by atoms with van der Waals surface area (Å²) >= 11 is 0. The zero-order valence-electron chi connectivity index (χ0n) is 15.7. The van der Waals surface area contributed by atoms with Crippen LogP contribution in [0.15, 0.2) is 59.5 Å². The van der Waals surface area contributed by atoms with Gasteiger partial charge in [0.05, 0.1) is 4.90 Å². The van der Waals surface area contributed by atoms with E-state index in [1.807, 2.05) is 44.2 Å². The predicted octanol–water partition coefficient (Wildman–Crippen LogP) is 3.77. The summed E-state index contributed by atoms with van der Waals surface area (Å²) in [4.78, 5) is 14.9. The monoisotopic (exact) mass is 374 g/mol. The molecule has 0 spiro atoms. The van der Waals surface area contributed by atoms with Crippen molar-refractivity contribution in [3.05, 3.63) is 60.2 Å². The Hall–Kier alpha value is -2.18. The average molecular weight is 375 g/mol. The third kappa shape index (κ3) is 4.14. The van der Waals surface area contributed by atoms with E-state index in [2.05, 4.69) is 0 Å². The lowest BCUT2D eigenvalue weighted by Gasteiger charge is -2.27. The maximum absolute atomic E-state index is 13.0. The summed E-state index contributed by atoms with van der Waals surface area (Å²) in [6.07, 6.45) is 0. The highest BCUT2D eigenvalue weighted by Gasteiger charge is 2.24. The number of nitrogens with zero attached hydrogens (tertiary/aromatic N) is 2. The Balaban J connectivity index is 2.33. The van der Waals surface area contributed by atoms with Gasteiger partial charge in [0.15, 0.2) is 0 Å². The Kier molecular flexibility index (Phi) is 6.56. The van der Waals surface area contributed by atoms with E-state index in [0.717, 1.165) is 5.69 Å². The topological polar surface area (TPSA) is 57.7 Å². The number of para-hydroxylation sites is 1. The van der Waals surface area contributed by atoms with Crippen molar-refractivity contribution in [2.45, 2.75) is 38.6 Å². The molecule has 1 amide bonds. The van der Waals surface area contributed by atoms with Crippen molar-refractivity contribution in [3.8, 4) is 0 Å². The Labute approximate surface area is 156 Å². The lowest BCUT2D eigenvalue weighted by Crippen LogP contribution is -2.37. The largest absolute Gasteiger partial charge is 0.306 e. The van der Waals surface area contributed by atoms with Crippen LogP contribution in [0, 0.1) is 0 Å². The van der Waals surface area contributed by atoms with E-state index in [1.165, 1.54) is 16.4 Å². The van der Waals surface area contributed by atoms with Gasteiger partial charge in [-0.25, -0.2) is 8.42 Å². The van der Waals surface area contributed by atoms with Crippen molar-refractivity contribution in [3.63, 3.8) is 0 Å². The Bertz CT molecular complexity index is 827. The number of hydrogen-bond acceptors (Lipinski definition) is 3. The zero-order chi connectivity index (χ0) is 19.3. The van der Waals surface area contributed by atoms with Crippen molar-refractivity contribution >= 4 is 21.6 Å². The zero-order valence-corrected chi connectivity index (χ0v) is 16.5. The molecule has 0 unspecified atom stereocenters. The van der Waals surface area contributed by atoms with Crippen LogP contribution < -0.4 is 4.90 Å². The molecule has 0 atom stereocenters. The summed E-state index contributed by atoms with van der Waals surface area (Å²) in [6, 6.07) is 15.6. The molecule has 0 aromatic heterocycles. The lowest BCUT2D eigenvalue weighted by molar-refractivity contribution is 0.0980. The van der Waals surface area contributed by atoms with Crippen molar-refractivity contribution in [1.29, 1.82) is 0 Å². The van der Waals surface area contributed by atoms with Gasteiger partial charge in [-0.05, 0) is 50.2 Å². The summed E-state index contributed by atoms with van der Waals surface area (Å²) in [5, 5.41) is 0. The van der Waals surface area contributed by atoms with E-state index >= 15 is 0 Å². The summed E-state index contributed by atoms with van der Waals surface area (Å²) in [5.74, 6) is -0.155. The fourth-order valence-electron chi connectivity index (χ4n) is 2.86. The minimum absolute atomic E-state index is 0.0241. The van der Waals surface area contributed by atoms with Gasteiger partial charge in [-0.2, -0.15) is 4.31 Å². The number of carbonyl (C=O) groups excluding carboxylic acids is 1. The standard InChI is InChI=1S/C20H26N2O3S/c1-5-21(6-2)26(24,25)19-14-12-17(13-15-19)20(23)22(16(3)4)18-10-8-7-9-11-18/h7-16H,5-6H2,1-4H3. The van der Waals surface area contributed by atoms with Crippen LogP contribution in [0.1, 0.15) is 38.1 Å². The second-order valence-corrected chi connectivity index (χ2v) is 8.16. The molecule has 2 aromatic carbocycles. The smallest absolute Gasteiger partial charge is 0.258 e. The lowest BCUT2D eigenvalue weighted by atomic mass is 10.1. The highest BCUT2D eigenvalue weighted by molar-refractivity contribution is 7.89. The quantitative estimate of drug-likeness (QED) is 0.741. The number of amides is 1. The van der Waals surface area contributed by atoms with Crippen molar-refractivity contribution < 1.29 is 13.2 Å². The van der Waals surface area contributed by atoms with E-state index in [-0.39, 0.29) is 16.8 Å². The van der Waals surface area contributed by atoms with E-state index in [0.29, 0.717) is 18.7 Å². The van der Waals surface area contributed by atoms with Crippen molar-refractivity contribution in [2.75, 3.05) is 18.0 Å². The normalized spacial score (nSPS) is 11.8. The molecule has 0 aliphatic heterocycles. The first-order valence-corrected chi connectivity index (χ1v) is 10.3. The van der Waals surface area contributed by atoms with Crippen LogP contribution in [-0.2, 0) is 10.0 Å².